The van der Waals surface area contributed by atoms with Crippen molar-refractivity contribution in [3.8, 4) is 5.75 Å². The van der Waals surface area contributed by atoms with Crippen molar-refractivity contribution < 1.29 is 33.0 Å². The summed E-state index contributed by atoms with van der Waals surface area (Å²) in [7, 11) is -3.73. The third kappa shape index (κ3) is 8.93. The van der Waals surface area contributed by atoms with Gasteiger partial charge in [-0.1, -0.05) is 55.3 Å². The first-order chi connectivity index (χ1) is 28.8. The largest absolute Gasteiger partial charge is 0.462 e. The molecule has 1 aliphatic carbocycles. The Bertz CT molecular complexity index is 2380. The summed E-state index contributed by atoms with van der Waals surface area (Å²) in [4.78, 5) is 74.2. The van der Waals surface area contributed by atoms with E-state index in [1.165, 1.54) is 0 Å². The van der Waals surface area contributed by atoms with Crippen LogP contribution in [0.25, 0.3) is 10.8 Å². The number of nitrogens with one attached hydrogen (secondary N) is 3. The summed E-state index contributed by atoms with van der Waals surface area (Å²) in [5, 5.41) is 7.54. The number of pyridine rings is 1. The monoisotopic (exact) mass is 835 g/mol. The minimum absolute atomic E-state index is 0.0227. The van der Waals surface area contributed by atoms with E-state index in [9.17, 15) is 28.5 Å². The number of para-hydroxylation sites is 1. The molecule has 4 aromatic rings. The van der Waals surface area contributed by atoms with Gasteiger partial charge in [0, 0.05) is 41.9 Å². The molecule has 60 heavy (non-hydrogen) atoms. The molecule has 0 radical (unpaired) electrons. The minimum atomic E-state index is -3.73. The fraction of sp³-hybridized carbons (Fsp3) is 0.457. The molecule has 1 unspecified atom stereocenters. The van der Waals surface area contributed by atoms with Gasteiger partial charge in [0.1, 0.15) is 23.9 Å². The minimum Gasteiger partial charge on any atom is -0.462 e. The molecular formula is C46H54N5O8P. The lowest BCUT2D eigenvalue weighted by atomic mass is 9.96. The zero-order valence-electron chi connectivity index (χ0n) is 34.4. The SMILES string of the molecule is CC(C)OC(=O)[C@H](C)NP(=O)(Cc1ccc2ccc(C(=O)N[C@H]3CCCC[C@H]4CC[C@@H](C(=O)N5C[C@@H](c6cc[nH]c(=O)c6)CC56CC6)N4C3=O)cc2c1)Oc1ccccc1. The van der Waals surface area contributed by atoms with Crippen molar-refractivity contribution in [3.05, 3.63) is 112 Å². The lowest BCUT2D eigenvalue weighted by molar-refractivity contribution is -0.149. The molecule has 3 saturated heterocycles. The van der Waals surface area contributed by atoms with E-state index in [0.717, 1.165) is 61.3 Å². The number of carbonyl (C=O) groups is 4. The molecule has 14 heteroatoms. The van der Waals surface area contributed by atoms with Gasteiger partial charge < -0.3 is 29.4 Å². The zero-order chi connectivity index (χ0) is 42.2. The number of hydrogen-bond acceptors (Lipinski definition) is 8. The summed E-state index contributed by atoms with van der Waals surface area (Å²) in [6.07, 6.45) is 8.20. The van der Waals surface area contributed by atoms with Crippen LogP contribution in [0.4, 0.5) is 0 Å². The van der Waals surface area contributed by atoms with E-state index in [2.05, 4.69) is 15.4 Å². The third-order valence-electron chi connectivity index (χ3n) is 12.5. The van der Waals surface area contributed by atoms with E-state index in [4.69, 9.17) is 9.26 Å². The Morgan fingerprint density at radius 1 is 0.900 bits per heavy atom. The lowest BCUT2D eigenvalue weighted by Crippen LogP contribution is -2.57. The summed E-state index contributed by atoms with van der Waals surface area (Å²) < 4.78 is 25.8. The Labute approximate surface area is 350 Å². The van der Waals surface area contributed by atoms with Crippen LogP contribution in [0.15, 0.2) is 89.9 Å². The summed E-state index contributed by atoms with van der Waals surface area (Å²) in [6.45, 7) is 5.60. The van der Waals surface area contributed by atoms with Crippen LogP contribution < -0.4 is 20.5 Å². The van der Waals surface area contributed by atoms with E-state index in [0.29, 0.717) is 36.3 Å². The van der Waals surface area contributed by atoms with Crippen LogP contribution in [-0.4, -0.2) is 80.8 Å². The van der Waals surface area contributed by atoms with Crippen molar-refractivity contribution in [2.24, 2.45) is 0 Å². The maximum Gasteiger partial charge on any atom is 0.323 e. The number of hydrogen-bond donors (Lipinski definition) is 3. The number of aromatic amines is 1. The van der Waals surface area contributed by atoms with E-state index in [1.807, 2.05) is 41.3 Å². The van der Waals surface area contributed by atoms with Crippen molar-refractivity contribution in [2.75, 3.05) is 6.54 Å². The number of aromatic nitrogens is 1. The number of amides is 3. The van der Waals surface area contributed by atoms with Crippen molar-refractivity contribution in [1.29, 1.82) is 0 Å². The van der Waals surface area contributed by atoms with E-state index >= 15 is 0 Å². The lowest BCUT2D eigenvalue weighted by Gasteiger charge is -2.37. The van der Waals surface area contributed by atoms with Crippen LogP contribution in [0.5, 0.6) is 5.75 Å². The molecule has 3 amide bonds. The van der Waals surface area contributed by atoms with Gasteiger partial charge in [0.2, 0.25) is 17.4 Å². The highest BCUT2D eigenvalue weighted by molar-refractivity contribution is 7.56. The Balaban J connectivity index is 0.982. The van der Waals surface area contributed by atoms with Crippen LogP contribution in [0.3, 0.4) is 0 Å². The first kappa shape index (κ1) is 41.5. The summed E-state index contributed by atoms with van der Waals surface area (Å²) in [6, 6.07) is 20.8. The standard InChI is InChI=1S/C46H54N5O8P/c1-29(2)58-45(56)30(3)49-60(57,59-38-10-5-4-6-11-38)28-31-13-14-32-15-16-34(24-35(32)23-31)42(53)48-39-12-8-7-9-37-17-18-40(51(37)43(39)54)44(55)50-27-36(26-46(50)20-21-46)33-19-22-47-41(52)25-33/h4-6,10-11,13-16,19,22-25,29-30,36-37,39-40H,7-9,12,17-18,20-21,26-28H2,1-3H3,(H,47,52)(H,48,53)(H,49,57)/t30-,36-,37-,39-,40-,60?/m0/s1. The molecule has 1 saturated carbocycles. The smallest absolute Gasteiger partial charge is 0.323 e. The quantitative estimate of drug-likeness (QED) is 0.103. The van der Waals surface area contributed by atoms with Crippen molar-refractivity contribution in [3.63, 3.8) is 0 Å². The molecule has 3 aliphatic heterocycles. The topological polar surface area (TPSA) is 167 Å². The molecule has 316 valence electrons. The maximum absolute atomic E-state index is 14.5. The molecule has 13 nitrogen and oxygen atoms in total. The molecule has 1 spiro atoms. The molecule has 3 N–H and O–H groups in total. The molecular weight excluding hydrogens is 782 g/mol. The fourth-order valence-electron chi connectivity index (χ4n) is 9.47. The van der Waals surface area contributed by atoms with Crippen molar-refractivity contribution >= 4 is 42.0 Å². The molecule has 4 heterocycles. The van der Waals surface area contributed by atoms with Gasteiger partial charge in [0.15, 0.2) is 0 Å². The highest BCUT2D eigenvalue weighted by Gasteiger charge is 2.58. The second-order valence-corrected chi connectivity index (χ2v) is 19.4. The molecule has 3 aromatic carbocycles. The summed E-state index contributed by atoms with van der Waals surface area (Å²) in [5.41, 5.74) is 1.59. The normalized spacial score (nSPS) is 23.7. The van der Waals surface area contributed by atoms with Crippen LogP contribution in [0, 0.1) is 0 Å². The van der Waals surface area contributed by atoms with E-state index < -0.39 is 37.5 Å². The first-order valence-electron chi connectivity index (χ1n) is 21.3. The summed E-state index contributed by atoms with van der Waals surface area (Å²) in [5.74, 6) is -0.723. The number of H-pyrrole nitrogens is 1. The van der Waals surface area contributed by atoms with Gasteiger partial charge in [0.05, 0.1) is 12.3 Å². The van der Waals surface area contributed by atoms with Gasteiger partial charge in [-0.3, -0.25) is 28.5 Å². The average Bonchev–Trinajstić information content (AvgIpc) is 3.70. The van der Waals surface area contributed by atoms with E-state index in [1.54, 1.807) is 74.3 Å². The first-order valence-corrected chi connectivity index (χ1v) is 23.1. The second kappa shape index (κ2) is 17.0. The number of likely N-dealkylation sites (tertiary alicyclic amines) is 1. The van der Waals surface area contributed by atoms with Crippen LogP contribution >= 0.6 is 7.52 Å². The Morgan fingerprint density at radius 3 is 2.42 bits per heavy atom. The number of fused-ring (bicyclic) bond motifs is 2. The molecule has 1 aromatic heterocycles. The molecule has 0 bridgehead atoms. The number of benzene rings is 3. The number of esters is 1. The highest BCUT2D eigenvalue weighted by Crippen LogP contribution is 2.54. The summed E-state index contributed by atoms with van der Waals surface area (Å²) >= 11 is 0. The van der Waals surface area contributed by atoms with Gasteiger partial charge in [-0.25, -0.2) is 5.09 Å². The number of ether oxygens (including phenoxy) is 1. The molecule has 6 atom stereocenters. The molecule has 4 aliphatic rings. The van der Waals surface area contributed by atoms with Crippen molar-refractivity contribution in [1.82, 2.24) is 25.2 Å². The second-order valence-electron chi connectivity index (χ2n) is 17.3. The van der Waals surface area contributed by atoms with Crippen LogP contribution in [0.2, 0.25) is 0 Å². The third-order valence-corrected chi connectivity index (χ3v) is 14.6. The Hall–Kier alpha value is -5.26. The van der Waals surface area contributed by atoms with Gasteiger partial charge in [-0.2, -0.15) is 0 Å². The van der Waals surface area contributed by atoms with Gasteiger partial charge in [0.25, 0.3) is 5.91 Å². The van der Waals surface area contributed by atoms with Crippen molar-refractivity contribution in [2.45, 2.75) is 126 Å². The predicted octanol–water partition coefficient (Wildman–Crippen LogP) is 6.81. The van der Waals surface area contributed by atoms with Gasteiger partial charge in [-0.05, 0) is 118 Å². The molecule has 4 fully saturated rings. The number of nitrogens with zero attached hydrogens (tertiary/aromatic N) is 2. The molecule has 8 rings (SSSR count). The maximum atomic E-state index is 14.5. The van der Waals surface area contributed by atoms with Crippen LogP contribution in [-0.2, 0) is 29.8 Å². The Kier molecular flexibility index (Phi) is 11.8. The van der Waals surface area contributed by atoms with Crippen LogP contribution in [0.1, 0.15) is 106 Å². The number of carbonyl (C=O) groups excluding carboxylic acids is 4. The van der Waals surface area contributed by atoms with Gasteiger partial charge >= 0.3 is 13.5 Å². The van der Waals surface area contributed by atoms with E-state index in [-0.39, 0.29) is 47.1 Å². The highest BCUT2D eigenvalue weighted by atomic mass is 31.2. The Morgan fingerprint density at radius 2 is 1.67 bits per heavy atom. The fourth-order valence-corrected chi connectivity index (χ4v) is 11.5. The van der Waals surface area contributed by atoms with Gasteiger partial charge in [-0.15, -0.1) is 0 Å². The predicted molar refractivity (Wildman–Crippen MR) is 228 cm³/mol. The number of rotatable bonds is 12. The zero-order valence-corrected chi connectivity index (χ0v) is 35.3. The average molecular weight is 836 g/mol.